The van der Waals surface area contributed by atoms with E-state index in [-0.39, 0.29) is 0 Å². The van der Waals surface area contributed by atoms with E-state index in [4.69, 9.17) is 0 Å². The fourth-order valence-corrected chi connectivity index (χ4v) is 8.47. The van der Waals surface area contributed by atoms with Gasteiger partial charge in [0.25, 0.3) is 0 Å². The Bertz CT molecular complexity index is 2720. The van der Waals surface area contributed by atoms with E-state index in [1.54, 1.807) is 0 Å². The molecule has 45 heavy (non-hydrogen) atoms. The number of para-hydroxylation sites is 1. The zero-order chi connectivity index (χ0) is 29.2. The molecule has 2 aliphatic carbocycles. The second kappa shape index (κ2) is 8.37. The van der Waals surface area contributed by atoms with Crippen LogP contribution in [0.2, 0.25) is 0 Å². The fraction of sp³-hybridized carbons (Fsp3) is 0. The van der Waals surface area contributed by atoms with Gasteiger partial charge in [0.15, 0.2) is 0 Å². The number of nitrogens with zero attached hydrogens (tertiary/aromatic N) is 1. The molecule has 0 atom stereocenters. The maximum atomic E-state index is 2.51. The molecule has 0 saturated heterocycles. The molecule has 0 saturated carbocycles. The van der Waals surface area contributed by atoms with Gasteiger partial charge >= 0.3 is 0 Å². The van der Waals surface area contributed by atoms with Crippen molar-refractivity contribution in [1.29, 1.82) is 0 Å². The SMILES string of the molecule is c1cc(-c2ccc3c4c(cccc24)-c2ccccc2-3)cc(-n2c3ccccc3c3ccc4c(c32)-c2cccc3cccc-4c23)c1. The number of benzene rings is 8. The highest BCUT2D eigenvalue weighted by molar-refractivity contribution is 6.25. The van der Waals surface area contributed by atoms with Crippen molar-refractivity contribution in [2.45, 2.75) is 0 Å². The first kappa shape index (κ1) is 23.5. The molecule has 0 unspecified atom stereocenters. The average Bonchev–Trinajstić information content (AvgIpc) is 3.73. The Morgan fingerprint density at radius 3 is 1.84 bits per heavy atom. The monoisotopic (exact) mass is 567 g/mol. The molecule has 0 spiro atoms. The van der Waals surface area contributed by atoms with Gasteiger partial charge in [0.1, 0.15) is 0 Å². The first-order valence-electron chi connectivity index (χ1n) is 15.7. The third kappa shape index (κ3) is 2.93. The van der Waals surface area contributed by atoms with Gasteiger partial charge in [-0.3, -0.25) is 0 Å². The van der Waals surface area contributed by atoms with Crippen LogP contribution in [-0.2, 0) is 0 Å². The first-order valence-corrected chi connectivity index (χ1v) is 15.7. The van der Waals surface area contributed by atoms with Gasteiger partial charge in [-0.2, -0.15) is 0 Å². The highest BCUT2D eigenvalue weighted by atomic mass is 15.0. The molecule has 206 valence electrons. The lowest BCUT2D eigenvalue weighted by Gasteiger charge is -2.14. The van der Waals surface area contributed by atoms with Crippen LogP contribution in [0.25, 0.3) is 105 Å². The van der Waals surface area contributed by atoms with Gasteiger partial charge in [-0.25, -0.2) is 0 Å². The van der Waals surface area contributed by atoms with Crippen molar-refractivity contribution in [3.63, 3.8) is 0 Å². The maximum Gasteiger partial charge on any atom is 0.0625 e. The summed E-state index contributed by atoms with van der Waals surface area (Å²) >= 11 is 0. The Balaban J connectivity index is 1.20. The van der Waals surface area contributed by atoms with E-state index in [1.807, 2.05) is 0 Å². The summed E-state index contributed by atoms with van der Waals surface area (Å²) in [5.74, 6) is 0. The van der Waals surface area contributed by atoms with Crippen molar-refractivity contribution in [1.82, 2.24) is 4.57 Å². The van der Waals surface area contributed by atoms with Crippen molar-refractivity contribution in [3.8, 4) is 61.3 Å². The minimum Gasteiger partial charge on any atom is -0.309 e. The lowest BCUT2D eigenvalue weighted by atomic mass is 9.94. The molecule has 2 aliphatic rings. The molecule has 11 rings (SSSR count). The van der Waals surface area contributed by atoms with E-state index in [9.17, 15) is 0 Å². The van der Waals surface area contributed by atoms with Crippen LogP contribution in [0.15, 0.2) is 152 Å². The predicted octanol–water partition coefficient (Wildman–Crippen LogP) is 12.1. The zero-order valence-electron chi connectivity index (χ0n) is 24.4. The molecule has 0 N–H and O–H groups in total. The molecule has 0 radical (unpaired) electrons. The van der Waals surface area contributed by atoms with Crippen LogP contribution in [0.5, 0.6) is 0 Å². The van der Waals surface area contributed by atoms with Crippen LogP contribution < -0.4 is 0 Å². The highest BCUT2D eigenvalue weighted by Crippen LogP contribution is 2.52. The van der Waals surface area contributed by atoms with Crippen molar-refractivity contribution in [2.75, 3.05) is 0 Å². The molecule has 0 aliphatic heterocycles. The number of hydrogen-bond donors (Lipinski definition) is 0. The summed E-state index contributed by atoms with van der Waals surface area (Å²) < 4.78 is 2.51. The molecule has 1 heteroatoms. The molecule has 0 bridgehead atoms. The van der Waals surface area contributed by atoms with Gasteiger partial charge in [-0.1, -0.05) is 133 Å². The van der Waals surface area contributed by atoms with E-state index in [0.29, 0.717) is 0 Å². The van der Waals surface area contributed by atoms with E-state index in [2.05, 4.69) is 156 Å². The van der Waals surface area contributed by atoms with Crippen LogP contribution >= 0.6 is 0 Å². The Kier molecular flexibility index (Phi) is 4.38. The van der Waals surface area contributed by atoms with E-state index < -0.39 is 0 Å². The first-order chi connectivity index (χ1) is 22.3. The summed E-state index contributed by atoms with van der Waals surface area (Å²) in [6.07, 6.45) is 0. The average molecular weight is 568 g/mol. The minimum absolute atomic E-state index is 1.18. The number of hydrogen-bond acceptors (Lipinski definition) is 0. The number of aromatic nitrogens is 1. The molecule has 1 nitrogen and oxygen atoms in total. The van der Waals surface area contributed by atoms with Gasteiger partial charge in [-0.15, -0.1) is 0 Å². The zero-order valence-corrected chi connectivity index (χ0v) is 24.4. The molecular formula is C44H25N. The van der Waals surface area contributed by atoms with Gasteiger partial charge in [0.05, 0.1) is 11.0 Å². The highest BCUT2D eigenvalue weighted by Gasteiger charge is 2.27. The summed E-state index contributed by atoms with van der Waals surface area (Å²) in [7, 11) is 0. The van der Waals surface area contributed by atoms with Crippen molar-refractivity contribution < 1.29 is 0 Å². The summed E-state index contributed by atoms with van der Waals surface area (Å²) in [6.45, 7) is 0. The minimum atomic E-state index is 1.18. The molecule has 0 fully saturated rings. The van der Waals surface area contributed by atoms with E-state index >= 15 is 0 Å². The number of fused-ring (bicyclic) bond motifs is 10. The van der Waals surface area contributed by atoms with Crippen LogP contribution in [0.1, 0.15) is 0 Å². The molecule has 1 heterocycles. The largest absolute Gasteiger partial charge is 0.309 e. The Morgan fingerprint density at radius 2 is 0.978 bits per heavy atom. The Hall–Kier alpha value is -5.92. The van der Waals surface area contributed by atoms with E-state index in [1.165, 1.54) is 105 Å². The third-order valence-corrected chi connectivity index (χ3v) is 10.3. The van der Waals surface area contributed by atoms with Gasteiger partial charge < -0.3 is 4.57 Å². The maximum absolute atomic E-state index is 2.51. The second-order valence-electron chi connectivity index (χ2n) is 12.4. The summed E-state index contributed by atoms with van der Waals surface area (Å²) in [5, 5.41) is 7.91. The predicted molar refractivity (Wildman–Crippen MR) is 190 cm³/mol. The van der Waals surface area contributed by atoms with Crippen LogP contribution in [0, 0.1) is 0 Å². The third-order valence-electron chi connectivity index (χ3n) is 10.3. The lowest BCUT2D eigenvalue weighted by molar-refractivity contribution is 1.18. The molecule has 1 aromatic heterocycles. The van der Waals surface area contributed by atoms with E-state index in [0.717, 1.165) is 0 Å². The molecule has 0 amide bonds. The molecule has 9 aromatic rings. The van der Waals surface area contributed by atoms with Crippen molar-refractivity contribution >= 4 is 43.4 Å². The lowest BCUT2D eigenvalue weighted by Crippen LogP contribution is -1.96. The normalized spacial score (nSPS) is 12.4. The van der Waals surface area contributed by atoms with Crippen LogP contribution in [0.4, 0.5) is 0 Å². The van der Waals surface area contributed by atoms with Gasteiger partial charge in [0, 0.05) is 22.0 Å². The smallest absolute Gasteiger partial charge is 0.0625 e. The molecule has 8 aromatic carbocycles. The standard InChI is InChI=1S/C44H25N/c1-2-14-31-30(13-1)34-18-8-17-33-29(21-22-36(31)42(33)34)27-11-5-12-28(25-27)45-40-20-4-3-15-32(40)38-24-23-37-35-16-6-9-26-10-7-19-39(41(26)35)43(37)44(38)45/h1-25H. The number of rotatable bonds is 2. The second-order valence-corrected chi connectivity index (χ2v) is 12.4. The topological polar surface area (TPSA) is 4.93 Å². The van der Waals surface area contributed by atoms with Crippen LogP contribution in [0.3, 0.4) is 0 Å². The fourth-order valence-electron chi connectivity index (χ4n) is 8.47. The Labute approximate surface area is 260 Å². The summed E-state index contributed by atoms with van der Waals surface area (Å²) in [6, 6.07) is 56.4. The van der Waals surface area contributed by atoms with Crippen molar-refractivity contribution in [2.24, 2.45) is 0 Å². The van der Waals surface area contributed by atoms with Gasteiger partial charge in [-0.05, 0) is 89.8 Å². The summed E-state index contributed by atoms with van der Waals surface area (Å²) in [5.41, 5.74) is 16.9. The van der Waals surface area contributed by atoms with Gasteiger partial charge in [0.2, 0.25) is 0 Å². The molecular weight excluding hydrogens is 542 g/mol. The van der Waals surface area contributed by atoms with Crippen LogP contribution in [-0.4, -0.2) is 4.57 Å². The Morgan fingerprint density at radius 1 is 0.356 bits per heavy atom. The quantitative estimate of drug-likeness (QED) is 0.196. The van der Waals surface area contributed by atoms with Crippen molar-refractivity contribution in [3.05, 3.63) is 152 Å². The summed E-state index contributed by atoms with van der Waals surface area (Å²) in [4.78, 5) is 0.